The van der Waals surface area contributed by atoms with Gasteiger partial charge in [0.1, 0.15) is 17.7 Å². The van der Waals surface area contributed by atoms with Gasteiger partial charge in [0.2, 0.25) is 0 Å². The molecule has 2 aromatic rings. The van der Waals surface area contributed by atoms with Crippen LogP contribution in [-0.4, -0.2) is 9.78 Å². The minimum atomic E-state index is 0.0239. The number of hydrogen-bond acceptors (Lipinski definition) is 4. The van der Waals surface area contributed by atoms with Gasteiger partial charge in [-0.15, -0.1) is 0 Å². The summed E-state index contributed by atoms with van der Waals surface area (Å²) >= 11 is 0. The maximum Gasteiger partial charge on any atom is 0.145 e. The van der Waals surface area contributed by atoms with E-state index in [1.807, 2.05) is 43.6 Å². The number of nitrogens with one attached hydrogen (secondary N) is 1. The standard InChI is InChI=1S/C14H11N5/c1-19-7-6-14(18-19)12-4-2-3-5-13(12)17-10-11(8-15)9-16/h2-7,10,17H,1H3. The maximum absolute atomic E-state index is 8.70. The number of nitriles is 2. The number of nitrogens with zero attached hydrogens (tertiary/aromatic N) is 4. The van der Waals surface area contributed by atoms with Crippen molar-refractivity contribution in [2.45, 2.75) is 0 Å². The van der Waals surface area contributed by atoms with Gasteiger partial charge in [0, 0.05) is 30.7 Å². The van der Waals surface area contributed by atoms with Gasteiger partial charge in [0.05, 0.1) is 5.69 Å². The lowest BCUT2D eigenvalue weighted by molar-refractivity contribution is 0.771. The Morgan fingerprint density at radius 1 is 1.26 bits per heavy atom. The molecule has 1 heterocycles. The highest BCUT2D eigenvalue weighted by molar-refractivity contribution is 5.76. The molecule has 1 N–H and O–H groups in total. The lowest BCUT2D eigenvalue weighted by Gasteiger charge is -2.06. The van der Waals surface area contributed by atoms with Gasteiger partial charge in [0.15, 0.2) is 0 Å². The monoisotopic (exact) mass is 249 g/mol. The molecule has 92 valence electrons. The first kappa shape index (κ1) is 12.4. The number of allylic oxidation sites excluding steroid dienone is 1. The number of hydrogen-bond donors (Lipinski definition) is 1. The predicted molar refractivity (Wildman–Crippen MR) is 71.6 cm³/mol. The predicted octanol–water partition coefficient (Wildman–Crippen LogP) is 2.43. The molecule has 0 amide bonds. The molecule has 5 heteroatoms. The smallest absolute Gasteiger partial charge is 0.145 e. The number of benzene rings is 1. The van der Waals surface area contributed by atoms with Crippen molar-refractivity contribution in [3.63, 3.8) is 0 Å². The molecule has 0 aliphatic rings. The van der Waals surface area contributed by atoms with Crippen molar-refractivity contribution in [2.75, 3.05) is 5.32 Å². The van der Waals surface area contributed by atoms with E-state index >= 15 is 0 Å². The summed E-state index contributed by atoms with van der Waals surface area (Å²) in [6.07, 6.45) is 3.25. The third kappa shape index (κ3) is 2.80. The third-order valence-corrected chi connectivity index (χ3v) is 2.53. The summed E-state index contributed by atoms with van der Waals surface area (Å²) in [5.74, 6) is 0. The molecule has 1 aromatic heterocycles. The van der Waals surface area contributed by atoms with Crippen LogP contribution in [0.15, 0.2) is 48.3 Å². The molecule has 0 radical (unpaired) electrons. The van der Waals surface area contributed by atoms with E-state index in [4.69, 9.17) is 10.5 Å². The Hall–Kier alpha value is -3.05. The minimum absolute atomic E-state index is 0.0239. The third-order valence-electron chi connectivity index (χ3n) is 2.53. The van der Waals surface area contributed by atoms with Crippen molar-refractivity contribution in [3.05, 3.63) is 48.3 Å². The van der Waals surface area contributed by atoms with Gasteiger partial charge in [-0.3, -0.25) is 4.68 Å². The van der Waals surface area contributed by atoms with Crippen LogP contribution >= 0.6 is 0 Å². The summed E-state index contributed by atoms with van der Waals surface area (Å²) in [6.45, 7) is 0. The average molecular weight is 249 g/mol. The van der Waals surface area contributed by atoms with Gasteiger partial charge < -0.3 is 5.32 Å². The SMILES string of the molecule is Cn1ccc(-c2ccccc2NC=C(C#N)C#N)n1. The second-order valence-electron chi connectivity index (χ2n) is 3.85. The molecule has 1 aromatic carbocycles. The van der Waals surface area contributed by atoms with Crippen LogP contribution in [0.1, 0.15) is 0 Å². The Morgan fingerprint density at radius 3 is 2.63 bits per heavy atom. The molecule has 0 aliphatic heterocycles. The molecular formula is C14H11N5. The molecule has 0 unspecified atom stereocenters. The van der Waals surface area contributed by atoms with Crippen LogP contribution in [0, 0.1) is 22.7 Å². The maximum atomic E-state index is 8.70. The van der Waals surface area contributed by atoms with Crippen molar-refractivity contribution in [1.82, 2.24) is 9.78 Å². The molecule has 0 spiro atoms. The fourth-order valence-corrected chi connectivity index (χ4v) is 1.63. The lowest BCUT2D eigenvalue weighted by Crippen LogP contribution is -1.94. The molecule has 2 rings (SSSR count). The molecule has 0 aliphatic carbocycles. The molecule has 0 fully saturated rings. The first-order valence-corrected chi connectivity index (χ1v) is 5.60. The Labute approximate surface area is 111 Å². The normalized spacial score (nSPS) is 9.21. The Morgan fingerprint density at radius 2 is 2.00 bits per heavy atom. The van der Waals surface area contributed by atoms with E-state index in [1.54, 1.807) is 16.8 Å². The molecule has 5 nitrogen and oxygen atoms in total. The number of anilines is 1. The van der Waals surface area contributed by atoms with Crippen molar-refractivity contribution in [2.24, 2.45) is 7.05 Å². The van der Waals surface area contributed by atoms with E-state index in [-0.39, 0.29) is 5.57 Å². The molecule has 0 bridgehead atoms. The number of rotatable bonds is 3. The summed E-state index contributed by atoms with van der Waals surface area (Å²) in [5, 5.41) is 24.7. The van der Waals surface area contributed by atoms with Crippen LogP contribution in [0.2, 0.25) is 0 Å². The van der Waals surface area contributed by atoms with Gasteiger partial charge in [-0.2, -0.15) is 15.6 Å². The summed E-state index contributed by atoms with van der Waals surface area (Å²) in [5.41, 5.74) is 2.56. The second kappa shape index (κ2) is 5.52. The number of aryl methyl sites for hydroxylation is 1. The Kier molecular flexibility index (Phi) is 3.61. The van der Waals surface area contributed by atoms with Crippen LogP contribution < -0.4 is 5.32 Å². The Bertz CT molecular complexity index is 681. The van der Waals surface area contributed by atoms with Gasteiger partial charge in [-0.25, -0.2) is 0 Å². The van der Waals surface area contributed by atoms with E-state index < -0.39 is 0 Å². The van der Waals surface area contributed by atoms with Crippen molar-refractivity contribution in [1.29, 1.82) is 10.5 Å². The second-order valence-corrected chi connectivity index (χ2v) is 3.85. The Balaban J connectivity index is 2.36. The van der Waals surface area contributed by atoms with Gasteiger partial charge in [0.25, 0.3) is 0 Å². The lowest BCUT2D eigenvalue weighted by atomic mass is 10.1. The van der Waals surface area contributed by atoms with Crippen molar-refractivity contribution in [3.8, 4) is 23.4 Å². The summed E-state index contributed by atoms with van der Waals surface area (Å²) < 4.78 is 1.72. The van der Waals surface area contributed by atoms with E-state index in [9.17, 15) is 0 Å². The van der Waals surface area contributed by atoms with Crippen LogP contribution in [0.25, 0.3) is 11.3 Å². The van der Waals surface area contributed by atoms with Crippen LogP contribution in [0.4, 0.5) is 5.69 Å². The highest BCUT2D eigenvalue weighted by atomic mass is 15.2. The number of aromatic nitrogens is 2. The quantitative estimate of drug-likeness (QED) is 0.847. The first-order chi connectivity index (χ1) is 9.24. The van der Waals surface area contributed by atoms with Crippen molar-refractivity contribution >= 4 is 5.69 Å². The first-order valence-electron chi connectivity index (χ1n) is 5.60. The summed E-state index contributed by atoms with van der Waals surface area (Å²) in [4.78, 5) is 0. The molecule has 0 saturated heterocycles. The molecule has 0 atom stereocenters. The topological polar surface area (TPSA) is 77.4 Å². The van der Waals surface area contributed by atoms with Crippen LogP contribution in [0.3, 0.4) is 0 Å². The largest absolute Gasteiger partial charge is 0.359 e. The van der Waals surface area contributed by atoms with Crippen LogP contribution in [-0.2, 0) is 7.05 Å². The fourth-order valence-electron chi connectivity index (χ4n) is 1.63. The highest BCUT2D eigenvalue weighted by Gasteiger charge is 2.06. The summed E-state index contributed by atoms with van der Waals surface area (Å²) in [7, 11) is 1.85. The molecular weight excluding hydrogens is 238 g/mol. The van der Waals surface area contributed by atoms with Crippen molar-refractivity contribution < 1.29 is 0 Å². The summed E-state index contributed by atoms with van der Waals surface area (Å²) in [6, 6.07) is 13.1. The van der Waals surface area contributed by atoms with E-state index in [1.165, 1.54) is 6.20 Å². The van der Waals surface area contributed by atoms with Gasteiger partial charge in [-0.05, 0) is 12.1 Å². The average Bonchev–Trinajstić information content (AvgIpc) is 2.87. The highest BCUT2D eigenvalue weighted by Crippen LogP contribution is 2.26. The van der Waals surface area contributed by atoms with Crippen LogP contribution in [0.5, 0.6) is 0 Å². The van der Waals surface area contributed by atoms with Gasteiger partial charge >= 0.3 is 0 Å². The number of para-hydroxylation sites is 1. The van der Waals surface area contributed by atoms with Gasteiger partial charge in [-0.1, -0.05) is 18.2 Å². The minimum Gasteiger partial charge on any atom is -0.359 e. The zero-order valence-corrected chi connectivity index (χ0v) is 10.3. The fraction of sp³-hybridized carbons (Fsp3) is 0.0714. The van der Waals surface area contributed by atoms with E-state index in [2.05, 4.69) is 10.4 Å². The van der Waals surface area contributed by atoms with E-state index in [0.717, 1.165) is 16.9 Å². The zero-order chi connectivity index (χ0) is 13.7. The zero-order valence-electron chi connectivity index (χ0n) is 10.3. The van der Waals surface area contributed by atoms with E-state index in [0.29, 0.717) is 0 Å². The molecule has 0 saturated carbocycles. The molecule has 19 heavy (non-hydrogen) atoms.